The molecule has 0 spiro atoms. The number of benzene rings is 1. The van der Waals surface area contributed by atoms with Gasteiger partial charge < -0.3 is 16.2 Å². The van der Waals surface area contributed by atoms with Crippen LogP contribution in [0.25, 0.3) is 0 Å². The summed E-state index contributed by atoms with van der Waals surface area (Å²) in [4.78, 5) is 23.3. The normalized spacial score (nSPS) is 24.7. The summed E-state index contributed by atoms with van der Waals surface area (Å²) in [5, 5.41) is 14.9. The van der Waals surface area contributed by atoms with Crippen molar-refractivity contribution < 1.29 is 14.7 Å². The summed E-state index contributed by atoms with van der Waals surface area (Å²) in [6.07, 6.45) is 0. The molecule has 0 aromatic heterocycles. The van der Waals surface area contributed by atoms with Crippen LogP contribution in [0.5, 0.6) is 0 Å². The Balaban J connectivity index is 1.89. The lowest BCUT2D eigenvalue weighted by Crippen LogP contribution is -2.47. The number of rotatable bonds is 5. The molecule has 6 nitrogen and oxygen atoms in total. The summed E-state index contributed by atoms with van der Waals surface area (Å²) >= 11 is 1.51. The minimum atomic E-state index is -0.882. The number of hydrogen-bond acceptors (Lipinski definition) is 5. The zero-order valence-corrected chi connectivity index (χ0v) is 13.4. The highest BCUT2D eigenvalue weighted by Crippen LogP contribution is 2.37. The Hall–Kier alpha value is -1.57. The first-order chi connectivity index (χ1) is 10.3. The van der Waals surface area contributed by atoms with Crippen molar-refractivity contribution in [2.45, 2.75) is 36.1 Å². The van der Waals surface area contributed by atoms with Crippen LogP contribution < -0.4 is 16.4 Å². The second kappa shape index (κ2) is 6.68. The molecule has 1 aliphatic rings. The first kappa shape index (κ1) is 16.8. The molecule has 2 rings (SSSR count). The smallest absolute Gasteiger partial charge is 0.322 e. The van der Waals surface area contributed by atoms with E-state index < -0.39 is 22.8 Å². The van der Waals surface area contributed by atoms with Crippen molar-refractivity contribution in [2.24, 2.45) is 5.73 Å². The van der Waals surface area contributed by atoms with Crippen LogP contribution in [0.15, 0.2) is 30.3 Å². The second-order valence-corrected chi connectivity index (χ2v) is 7.64. The van der Waals surface area contributed by atoms with Gasteiger partial charge in [-0.15, -0.1) is 11.8 Å². The van der Waals surface area contributed by atoms with Crippen molar-refractivity contribution in [3.8, 4) is 0 Å². The van der Waals surface area contributed by atoms with Crippen molar-refractivity contribution in [1.82, 2.24) is 10.6 Å². The lowest BCUT2D eigenvalue weighted by molar-refractivity contribution is -0.139. The number of carbonyl (C=O) groups excluding carboxylic acids is 1. The molecule has 0 bridgehead atoms. The maximum atomic E-state index is 12.1. The summed E-state index contributed by atoms with van der Waals surface area (Å²) in [6.45, 7) is 4.08. The highest BCUT2D eigenvalue weighted by Gasteiger charge is 2.45. The highest BCUT2D eigenvalue weighted by atomic mass is 32.2. The molecular formula is C15H21N3O3S. The molecule has 0 unspecified atom stereocenters. The van der Waals surface area contributed by atoms with Gasteiger partial charge in [-0.1, -0.05) is 30.3 Å². The highest BCUT2D eigenvalue weighted by molar-refractivity contribution is 8.01. The van der Waals surface area contributed by atoms with Crippen molar-refractivity contribution in [3.05, 3.63) is 35.9 Å². The Bertz CT molecular complexity index is 550. The fraction of sp³-hybridized carbons (Fsp3) is 0.467. The molecule has 22 heavy (non-hydrogen) atoms. The molecule has 5 N–H and O–H groups in total. The summed E-state index contributed by atoms with van der Waals surface area (Å²) in [5.74, 6) is -1.16. The average molecular weight is 323 g/mol. The molecule has 1 aliphatic heterocycles. The first-order valence-electron chi connectivity index (χ1n) is 7.06. The van der Waals surface area contributed by atoms with Crippen LogP contribution >= 0.6 is 11.8 Å². The number of aliphatic carboxylic acids is 1. The van der Waals surface area contributed by atoms with E-state index in [1.165, 1.54) is 11.8 Å². The van der Waals surface area contributed by atoms with Crippen molar-refractivity contribution in [3.63, 3.8) is 0 Å². The van der Waals surface area contributed by atoms with Crippen molar-refractivity contribution >= 4 is 23.6 Å². The molecule has 1 fully saturated rings. The van der Waals surface area contributed by atoms with Crippen LogP contribution in [-0.2, 0) is 9.59 Å². The molecule has 1 aromatic rings. The van der Waals surface area contributed by atoms with E-state index in [0.29, 0.717) is 6.54 Å². The fourth-order valence-electron chi connectivity index (χ4n) is 2.44. The Labute approximate surface area is 133 Å². The van der Waals surface area contributed by atoms with Crippen molar-refractivity contribution in [2.75, 3.05) is 6.54 Å². The summed E-state index contributed by atoms with van der Waals surface area (Å²) in [7, 11) is 0. The minimum Gasteiger partial charge on any atom is -0.480 e. The van der Waals surface area contributed by atoms with E-state index >= 15 is 0 Å². The van der Waals surface area contributed by atoms with E-state index in [1.54, 1.807) is 12.1 Å². The third-order valence-electron chi connectivity index (χ3n) is 3.64. The number of thioether (sulfide) groups is 1. The standard InChI is InChI=1S/C15H21N3O3S/c1-15(2)12(14(20)21)18-10(22-15)8-17-13(19)11(16)9-6-4-3-5-7-9/h3-7,10-12,18H,8,16H2,1-2H3,(H,17,19)(H,20,21)/t10-,11+,12-/m0/s1. The lowest BCUT2D eigenvalue weighted by atomic mass is 10.0. The van der Waals surface area contributed by atoms with E-state index in [0.717, 1.165) is 5.56 Å². The zero-order chi connectivity index (χ0) is 16.3. The van der Waals surface area contributed by atoms with Gasteiger partial charge in [0.05, 0.1) is 5.37 Å². The average Bonchev–Trinajstić information content (AvgIpc) is 2.80. The molecular weight excluding hydrogens is 302 g/mol. The van der Waals surface area contributed by atoms with Gasteiger partial charge in [0.1, 0.15) is 12.1 Å². The van der Waals surface area contributed by atoms with Gasteiger partial charge in [-0.2, -0.15) is 0 Å². The molecule has 1 aromatic carbocycles. The van der Waals surface area contributed by atoms with Gasteiger partial charge in [-0.05, 0) is 19.4 Å². The van der Waals surface area contributed by atoms with Gasteiger partial charge in [0.15, 0.2) is 0 Å². The monoisotopic (exact) mass is 323 g/mol. The maximum absolute atomic E-state index is 12.1. The molecule has 3 atom stereocenters. The van der Waals surface area contributed by atoms with Gasteiger partial charge in [0, 0.05) is 11.3 Å². The number of carboxylic acid groups (broad SMARTS) is 1. The fourth-order valence-corrected chi connectivity index (χ4v) is 3.85. The van der Waals surface area contributed by atoms with Crippen LogP contribution in [0.1, 0.15) is 25.5 Å². The van der Waals surface area contributed by atoms with Gasteiger partial charge in [-0.3, -0.25) is 14.9 Å². The van der Waals surface area contributed by atoms with Gasteiger partial charge in [0.25, 0.3) is 0 Å². The van der Waals surface area contributed by atoms with Crippen LogP contribution in [0, 0.1) is 0 Å². The molecule has 0 saturated carbocycles. The van der Waals surface area contributed by atoms with Crippen LogP contribution in [-0.4, -0.2) is 39.7 Å². The maximum Gasteiger partial charge on any atom is 0.322 e. The predicted molar refractivity (Wildman–Crippen MR) is 86.4 cm³/mol. The minimum absolute atomic E-state index is 0.150. The quantitative estimate of drug-likeness (QED) is 0.636. The van der Waals surface area contributed by atoms with Gasteiger partial charge in [-0.25, -0.2) is 0 Å². The molecule has 7 heteroatoms. The second-order valence-electron chi connectivity index (χ2n) is 5.78. The first-order valence-corrected chi connectivity index (χ1v) is 7.94. The predicted octanol–water partition coefficient (Wildman–Crippen LogP) is 0.697. The van der Waals surface area contributed by atoms with Crippen molar-refractivity contribution in [1.29, 1.82) is 0 Å². The Morgan fingerprint density at radius 2 is 2.05 bits per heavy atom. The van der Waals surface area contributed by atoms with Crippen LogP contribution in [0.4, 0.5) is 0 Å². The third-order valence-corrected chi connectivity index (χ3v) is 5.07. The van der Waals surface area contributed by atoms with Gasteiger partial charge in [0.2, 0.25) is 5.91 Å². The van der Waals surface area contributed by atoms with E-state index in [-0.39, 0.29) is 11.3 Å². The van der Waals surface area contributed by atoms with E-state index in [2.05, 4.69) is 10.6 Å². The molecule has 0 radical (unpaired) electrons. The summed E-state index contributed by atoms with van der Waals surface area (Å²) in [6, 6.07) is 7.76. The number of nitrogens with two attached hydrogens (primary N) is 1. The number of hydrogen-bond donors (Lipinski definition) is 4. The number of amides is 1. The molecule has 0 aliphatic carbocycles. The lowest BCUT2D eigenvalue weighted by Gasteiger charge is -2.20. The Morgan fingerprint density at radius 3 is 2.59 bits per heavy atom. The molecule has 120 valence electrons. The van der Waals surface area contributed by atoms with E-state index in [1.807, 2.05) is 32.0 Å². The van der Waals surface area contributed by atoms with E-state index in [9.17, 15) is 14.7 Å². The number of carbonyl (C=O) groups is 2. The largest absolute Gasteiger partial charge is 0.480 e. The third kappa shape index (κ3) is 3.79. The topological polar surface area (TPSA) is 104 Å². The SMILES string of the molecule is CC1(C)S[C@@H](CNC(=O)[C@H](N)c2ccccc2)N[C@H]1C(=O)O. The number of carboxylic acids is 1. The molecule has 1 heterocycles. The van der Waals surface area contributed by atoms with Crippen LogP contribution in [0.3, 0.4) is 0 Å². The summed E-state index contributed by atoms with van der Waals surface area (Å²) in [5.41, 5.74) is 6.66. The Morgan fingerprint density at radius 1 is 1.41 bits per heavy atom. The number of nitrogens with one attached hydrogen (secondary N) is 2. The van der Waals surface area contributed by atoms with Gasteiger partial charge >= 0.3 is 5.97 Å². The molecule has 1 saturated heterocycles. The van der Waals surface area contributed by atoms with Crippen LogP contribution in [0.2, 0.25) is 0 Å². The summed E-state index contributed by atoms with van der Waals surface area (Å²) < 4.78 is -0.428. The zero-order valence-electron chi connectivity index (χ0n) is 12.6. The molecule has 1 amide bonds. The van der Waals surface area contributed by atoms with E-state index in [4.69, 9.17) is 5.73 Å². The Kier molecular flexibility index (Phi) is 5.10.